The summed E-state index contributed by atoms with van der Waals surface area (Å²) in [5.74, 6) is 1.83. The zero-order valence-electron chi connectivity index (χ0n) is 39.5. The molecule has 7 aromatic rings. The van der Waals surface area contributed by atoms with E-state index in [1.807, 2.05) is 0 Å². The molecule has 0 spiro atoms. The number of rotatable bonds is 2. The minimum absolute atomic E-state index is 0.0122. The van der Waals surface area contributed by atoms with Crippen molar-refractivity contribution in [3.05, 3.63) is 150 Å². The summed E-state index contributed by atoms with van der Waals surface area (Å²) in [5, 5.41) is 0. The van der Waals surface area contributed by atoms with E-state index in [0.29, 0.717) is 0 Å². The van der Waals surface area contributed by atoms with Gasteiger partial charge in [0.05, 0.1) is 11.4 Å². The molecule has 0 bridgehead atoms. The van der Waals surface area contributed by atoms with Crippen LogP contribution in [0, 0.1) is 0 Å². The third-order valence-corrected chi connectivity index (χ3v) is 14.8. The van der Waals surface area contributed by atoms with Crippen LogP contribution in [0.3, 0.4) is 0 Å². The van der Waals surface area contributed by atoms with E-state index in [-0.39, 0.29) is 35.1 Å². The number of para-hydroxylation sites is 2. The second kappa shape index (κ2) is 12.8. The molecule has 12 rings (SSSR count). The molecule has 64 heavy (non-hydrogen) atoms. The zero-order valence-corrected chi connectivity index (χ0v) is 39.5. The third kappa shape index (κ3) is 5.44. The van der Waals surface area contributed by atoms with Gasteiger partial charge in [-0.2, -0.15) is 0 Å². The molecule has 5 aliphatic heterocycles. The molecular formula is C58H57B2N3O. The first-order valence-corrected chi connectivity index (χ1v) is 23.3. The van der Waals surface area contributed by atoms with E-state index in [0.717, 1.165) is 11.5 Å². The average molecular weight is 834 g/mol. The monoisotopic (exact) mass is 833 g/mol. The predicted molar refractivity (Wildman–Crippen MR) is 275 cm³/mol. The lowest BCUT2D eigenvalue weighted by Gasteiger charge is -2.52. The number of hydrogen-bond donors (Lipinski definition) is 0. The highest BCUT2D eigenvalue weighted by molar-refractivity contribution is 7.05. The Kier molecular flexibility index (Phi) is 7.88. The molecule has 0 N–H and O–H groups in total. The van der Waals surface area contributed by atoms with Crippen molar-refractivity contribution in [2.75, 3.05) is 14.7 Å². The largest absolute Gasteiger partial charge is 0.453 e. The Morgan fingerprint density at radius 1 is 0.344 bits per heavy atom. The number of benzene rings is 7. The minimum atomic E-state index is -0.0327. The van der Waals surface area contributed by atoms with Gasteiger partial charge in [-0.3, -0.25) is 0 Å². The second-order valence-electron chi connectivity index (χ2n) is 23.1. The van der Waals surface area contributed by atoms with Crippen molar-refractivity contribution in [1.82, 2.24) is 0 Å². The van der Waals surface area contributed by atoms with Gasteiger partial charge in [0, 0.05) is 39.8 Å². The standard InChI is InChI=1S/C58H57B2N3O/c1-55(2,3)34-19-25-38(26-20-34)61-44-29-23-36(57(7,8)9)31-42(44)59-40-15-13-17-48-52(40)63-53-41(16-14-18-49(53)64-48)60-43-32-37(58(10,11)12)24-30-45(43)62(39-27-21-35(22-28-39)56(4,5)6)47-33-46(61)50(59)54(63)51(47)60/h13-33H,1-12H3. The van der Waals surface area contributed by atoms with Crippen LogP contribution >= 0.6 is 0 Å². The molecule has 0 radical (unpaired) electrons. The molecule has 0 atom stereocenters. The van der Waals surface area contributed by atoms with Crippen molar-refractivity contribution in [2.24, 2.45) is 0 Å². The molecule has 0 unspecified atom stereocenters. The van der Waals surface area contributed by atoms with Gasteiger partial charge in [-0.25, -0.2) is 0 Å². The molecule has 5 aliphatic rings. The minimum Gasteiger partial charge on any atom is -0.453 e. The number of hydrogen-bond acceptors (Lipinski definition) is 4. The molecule has 0 fully saturated rings. The summed E-state index contributed by atoms with van der Waals surface area (Å²) in [5.41, 5.74) is 24.2. The van der Waals surface area contributed by atoms with Crippen LogP contribution in [-0.2, 0) is 21.7 Å². The van der Waals surface area contributed by atoms with Crippen molar-refractivity contribution in [1.29, 1.82) is 0 Å². The maximum Gasteiger partial charge on any atom is 0.252 e. The highest BCUT2D eigenvalue weighted by Gasteiger charge is 2.54. The molecule has 7 aromatic carbocycles. The van der Waals surface area contributed by atoms with E-state index in [2.05, 4.69) is 225 Å². The van der Waals surface area contributed by atoms with Crippen LogP contribution in [0.1, 0.15) is 105 Å². The Morgan fingerprint density at radius 2 is 0.719 bits per heavy atom. The van der Waals surface area contributed by atoms with Crippen LogP contribution in [0.25, 0.3) is 0 Å². The maximum atomic E-state index is 7.06. The van der Waals surface area contributed by atoms with E-state index in [9.17, 15) is 0 Å². The first-order valence-electron chi connectivity index (χ1n) is 23.3. The van der Waals surface area contributed by atoms with Crippen LogP contribution in [0.4, 0.5) is 51.2 Å². The normalized spacial score (nSPS) is 15.2. The van der Waals surface area contributed by atoms with Crippen molar-refractivity contribution in [3.8, 4) is 11.5 Å². The van der Waals surface area contributed by atoms with Gasteiger partial charge in [0.25, 0.3) is 13.4 Å². The first kappa shape index (κ1) is 39.5. The highest BCUT2D eigenvalue weighted by Crippen LogP contribution is 2.56. The SMILES string of the molecule is CC(C)(C)c1ccc(N2c3ccc(C(C)(C)C)cc3B3c4cccc5c4N4c6c(cccc6B6c7cc(C(C)(C)C)ccc7N(c7ccc(C(C)(C)C)cc7)c7cc2c3c4c76)O5)cc1. The molecule has 0 amide bonds. The summed E-state index contributed by atoms with van der Waals surface area (Å²) in [6.45, 7) is 27.8. The first-order chi connectivity index (χ1) is 30.3. The van der Waals surface area contributed by atoms with Gasteiger partial charge < -0.3 is 19.4 Å². The van der Waals surface area contributed by atoms with Crippen molar-refractivity contribution >= 4 is 97.4 Å². The van der Waals surface area contributed by atoms with Gasteiger partial charge in [-0.15, -0.1) is 0 Å². The van der Waals surface area contributed by atoms with Gasteiger partial charge in [0.15, 0.2) is 11.5 Å². The molecule has 316 valence electrons. The number of anilines is 9. The smallest absolute Gasteiger partial charge is 0.252 e. The predicted octanol–water partition coefficient (Wildman–Crippen LogP) is 11.7. The summed E-state index contributed by atoms with van der Waals surface area (Å²) in [7, 11) is 0. The third-order valence-electron chi connectivity index (χ3n) is 14.8. The van der Waals surface area contributed by atoms with E-state index in [4.69, 9.17) is 4.74 Å². The Hall–Kier alpha value is -6.13. The van der Waals surface area contributed by atoms with E-state index >= 15 is 0 Å². The second-order valence-corrected chi connectivity index (χ2v) is 23.1. The van der Waals surface area contributed by atoms with Gasteiger partial charge in [-0.1, -0.05) is 156 Å². The molecule has 5 heterocycles. The van der Waals surface area contributed by atoms with Gasteiger partial charge in [0.2, 0.25) is 0 Å². The average Bonchev–Trinajstić information content (AvgIpc) is 3.24. The molecule has 6 heteroatoms. The van der Waals surface area contributed by atoms with Gasteiger partial charge >= 0.3 is 0 Å². The van der Waals surface area contributed by atoms with Crippen LogP contribution < -0.4 is 52.2 Å². The number of ether oxygens (including phenoxy) is 1. The maximum absolute atomic E-state index is 7.06. The van der Waals surface area contributed by atoms with Crippen LogP contribution in [0.5, 0.6) is 11.5 Å². The molecule has 0 saturated carbocycles. The van der Waals surface area contributed by atoms with Crippen molar-refractivity contribution < 1.29 is 4.74 Å². The van der Waals surface area contributed by atoms with E-state index in [1.54, 1.807) is 0 Å². The Morgan fingerprint density at radius 3 is 1.09 bits per heavy atom. The molecular weight excluding hydrogens is 776 g/mol. The zero-order chi connectivity index (χ0) is 44.6. The number of fused-ring (bicyclic) bond motifs is 6. The number of nitrogens with zero attached hydrogens (tertiary/aromatic N) is 3. The van der Waals surface area contributed by atoms with Gasteiger partial charge in [0.1, 0.15) is 0 Å². The summed E-state index contributed by atoms with van der Waals surface area (Å²) in [6.07, 6.45) is 0. The van der Waals surface area contributed by atoms with E-state index in [1.165, 1.54) is 106 Å². The Balaban J connectivity index is 1.24. The fraction of sp³-hybridized carbons (Fsp3) is 0.276. The van der Waals surface area contributed by atoms with Crippen molar-refractivity contribution in [2.45, 2.75) is 105 Å². The lowest BCUT2D eigenvalue weighted by Crippen LogP contribution is -2.69. The fourth-order valence-electron chi connectivity index (χ4n) is 11.4. The van der Waals surface area contributed by atoms with Crippen molar-refractivity contribution in [3.63, 3.8) is 0 Å². The van der Waals surface area contributed by atoms with Gasteiger partial charge in [-0.05, 0) is 131 Å². The Bertz CT molecular complexity index is 2930. The summed E-state index contributed by atoms with van der Waals surface area (Å²) in [6, 6.07) is 49.4. The summed E-state index contributed by atoms with van der Waals surface area (Å²) in [4.78, 5) is 7.80. The van der Waals surface area contributed by atoms with Crippen LogP contribution in [0.15, 0.2) is 127 Å². The quantitative estimate of drug-likeness (QED) is 0.162. The van der Waals surface area contributed by atoms with Crippen LogP contribution in [0.2, 0.25) is 0 Å². The van der Waals surface area contributed by atoms with Crippen LogP contribution in [-0.4, -0.2) is 13.4 Å². The van der Waals surface area contributed by atoms with E-state index < -0.39 is 0 Å². The topological polar surface area (TPSA) is 19.0 Å². The highest BCUT2D eigenvalue weighted by atomic mass is 16.5. The molecule has 4 nitrogen and oxygen atoms in total. The Labute approximate surface area is 381 Å². The lowest BCUT2D eigenvalue weighted by molar-refractivity contribution is 0.478. The summed E-state index contributed by atoms with van der Waals surface area (Å²) < 4.78 is 7.06. The summed E-state index contributed by atoms with van der Waals surface area (Å²) >= 11 is 0. The lowest BCUT2D eigenvalue weighted by atomic mass is 9.28. The molecule has 0 aromatic heterocycles. The molecule has 0 saturated heterocycles. The molecule has 0 aliphatic carbocycles. The fourth-order valence-corrected chi connectivity index (χ4v) is 11.4.